The zero-order chi connectivity index (χ0) is 9.94. The van der Waals surface area contributed by atoms with Crippen LogP contribution in [0.1, 0.15) is 32.3 Å². The van der Waals surface area contributed by atoms with Gasteiger partial charge < -0.3 is 0 Å². The van der Waals surface area contributed by atoms with E-state index in [0.29, 0.717) is 0 Å². The second kappa shape index (κ2) is 9.60. The summed E-state index contributed by atoms with van der Waals surface area (Å²) in [5.74, 6) is 0.785. The molecule has 0 fully saturated rings. The molecule has 0 heterocycles. The van der Waals surface area contributed by atoms with Crippen LogP contribution in [0.3, 0.4) is 0 Å². The lowest BCUT2D eigenvalue weighted by atomic mass is 10.1. The van der Waals surface area contributed by atoms with Crippen LogP contribution in [0.15, 0.2) is 30.3 Å². The molecule has 74 valence electrons. The van der Waals surface area contributed by atoms with E-state index in [9.17, 15) is 0 Å². The average molecular weight is 199 g/mol. The summed E-state index contributed by atoms with van der Waals surface area (Å²) in [5.41, 5.74) is 1.41. The first-order valence-electron chi connectivity index (χ1n) is 5.03. The molecule has 0 bridgehead atoms. The Hall–Kier alpha value is -0.490. The summed E-state index contributed by atoms with van der Waals surface area (Å²) in [6.45, 7) is 4.00. The normalized spacial score (nSPS) is 8.85. The molecule has 0 N–H and O–H groups in total. The van der Waals surface area contributed by atoms with Crippen LogP contribution in [0.4, 0.5) is 0 Å². The maximum atomic E-state index is 5.57. The Morgan fingerprint density at radius 3 is 2.15 bits per heavy atom. The zero-order valence-corrected chi connectivity index (χ0v) is 9.35. The summed E-state index contributed by atoms with van der Waals surface area (Å²) in [6, 6.07) is 10.5. The molecule has 0 amide bonds. The van der Waals surface area contributed by atoms with Crippen molar-refractivity contribution in [3.8, 4) is 0 Å². The molecule has 0 atom stereocenters. The number of hydrogen-bond donors (Lipinski definition) is 0. The van der Waals surface area contributed by atoms with Crippen molar-refractivity contribution < 1.29 is 0 Å². The van der Waals surface area contributed by atoms with Crippen molar-refractivity contribution in [1.29, 1.82) is 0 Å². The highest BCUT2D eigenvalue weighted by atomic mass is 35.5. The van der Waals surface area contributed by atoms with Crippen molar-refractivity contribution in [2.75, 3.05) is 5.88 Å². The van der Waals surface area contributed by atoms with Crippen molar-refractivity contribution in [3.05, 3.63) is 35.9 Å². The number of benzene rings is 1. The Balaban J connectivity index is 0.000000671. The van der Waals surface area contributed by atoms with Crippen molar-refractivity contribution in [2.24, 2.45) is 0 Å². The molecule has 13 heavy (non-hydrogen) atoms. The lowest BCUT2D eigenvalue weighted by Crippen LogP contribution is -1.84. The first-order chi connectivity index (χ1) is 6.43. The van der Waals surface area contributed by atoms with Gasteiger partial charge in [-0.3, -0.25) is 0 Å². The van der Waals surface area contributed by atoms with E-state index < -0.39 is 0 Å². The fraction of sp³-hybridized carbons (Fsp3) is 0.500. The van der Waals surface area contributed by atoms with Crippen LogP contribution in [0, 0.1) is 0 Å². The maximum absolute atomic E-state index is 5.57. The Labute approximate surface area is 86.9 Å². The molecule has 0 saturated heterocycles. The number of aryl methyl sites for hydroxylation is 1. The molecule has 0 nitrogen and oxygen atoms in total. The Bertz CT molecular complexity index is 182. The third-order valence-electron chi connectivity index (χ3n) is 1.69. The van der Waals surface area contributed by atoms with Crippen molar-refractivity contribution in [1.82, 2.24) is 0 Å². The fourth-order valence-electron chi connectivity index (χ4n) is 1.07. The largest absolute Gasteiger partial charge is 0.127 e. The topological polar surface area (TPSA) is 0 Å². The van der Waals surface area contributed by atoms with E-state index in [1.54, 1.807) is 0 Å². The molecule has 1 heteroatoms. The maximum Gasteiger partial charge on any atom is 0.0223 e. The van der Waals surface area contributed by atoms with E-state index in [1.165, 1.54) is 12.0 Å². The monoisotopic (exact) mass is 198 g/mol. The molecular weight excluding hydrogens is 180 g/mol. The summed E-state index contributed by atoms with van der Waals surface area (Å²) >= 11 is 5.57. The summed E-state index contributed by atoms with van der Waals surface area (Å²) in [4.78, 5) is 0. The standard InChI is InChI=1S/C10H13Cl.C2H6/c11-9-5-4-8-10-6-2-1-3-7-10;1-2/h1-3,6-7H,4-5,8-9H2;1-2H3. The highest BCUT2D eigenvalue weighted by Crippen LogP contribution is 2.04. The van der Waals surface area contributed by atoms with Crippen LogP contribution in [-0.2, 0) is 6.42 Å². The highest BCUT2D eigenvalue weighted by molar-refractivity contribution is 6.17. The van der Waals surface area contributed by atoms with Crippen molar-refractivity contribution in [3.63, 3.8) is 0 Å². The smallest absolute Gasteiger partial charge is 0.0223 e. The van der Waals surface area contributed by atoms with Crippen LogP contribution in [0.2, 0.25) is 0 Å². The molecule has 1 rings (SSSR count). The molecule has 0 spiro atoms. The molecule has 0 aromatic heterocycles. The number of rotatable bonds is 4. The van der Waals surface area contributed by atoms with Gasteiger partial charge in [0.15, 0.2) is 0 Å². The van der Waals surface area contributed by atoms with Crippen LogP contribution >= 0.6 is 11.6 Å². The fourth-order valence-corrected chi connectivity index (χ4v) is 1.26. The molecule has 0 aliphatic heterocycles. The molecule has 1 aromatic carbocycles. The number of halogens is 1. The highest BCUT2D eigenvalue weighted by Gasteiger charge is 1.89. The Kier molecular flexibility index (Phi) is 9.24. The first kappa shape index (κ1) is 12.5. The molecule has 0 saturated carbocycles. The van der Waals surface area contributed by atoms with Gasteiger partial charge in [0.2, 0.25) is 0 Å². The first-order valence-corrected chi connectivity index (χ1v) is 5.57. The lowest BCUT2D eigenvalue weighted by Gasteiger charge is -1.97. The van der Waals surface area contributed by atoms with E-state index in [0.717, 1.165) is 18.7 Å². The Morgan fingerprint density at radius 1 is 1.00 bits per heavy atom. The summed E-state index contributed by atoms with van der Waals surface area (Å²) < 4.78 is 0. The predicted molar refractivity (Wildman–Crippen MR) is 61.4 cm³/mol. The van der Waals surface area contributed by atoms with E-state index in [4.69, 9.17) is 11.6 Å². The summed E-state index contributed by atoms with van der Waals surface area (Å²) in [5, 5.41) is 0. The van der Waals surface area contributed by atoms with E-state index >= 15 is 0 Å². The van der Waals surface area contributed by atoms with E-state index in [-0.39, 0.29) is 0 Å². The summed E-state index contributed by atoms with van der Waals surface area (Å²) in [6.07, 6.45) is 3.48. The van der Waals surface area contributed by atoms with Gasteiger partial charge in [0.25, 0.3) is 0 Å². The minimum atomic E-state index is 0.785. The van der Waals surface area contributed by atoms with E-state index in [2.05, 4.69) is 24.3 Å². The number of hydrogen-bond acceptors (Lipinski definition) is 0. The van der Waals surface area contributed by atoms with Gasteiger partial charge in [-0.1, -0.05) is 44.2 Å². The second-order valence-electron chi connectivity index (χ2n) is 2.63. The third-order valence-corrected chi connectivity index (χ3v) is 1.96. The van der Waals surface area contributed by atoms with Gasteiger partial charge in [-0.2, -0.15) is 0 Å². The molecule has 0 aliphatic rings. The molecule has 0 radical (unpaired) electrons. The number of unbranched alkanes of at least 4 members (excludes halogenated alkanes) is 1. The predicted octanol–water partition coefficient (Wildman–Crippen LogP) is 4.27. The van der Waals surface area contributed by atoms with E-state index in [1.807, 2.05) is 19.9 Å². The van der Waals surface area contributed by atoms with Crippen LogP contribution in [-0.4, -0.2) is 5.88 Å². The molecular formula is C12H19Cl. The minimum absolute atomic E-state index is 0.785. The van der Waals surface area contributed by atoms with Gasteiger partial charge in [-0.25, -0.2) is 0 Å². The average Bonchev–Trinajstić information content (AvgIpc) is 2.23. The summed E-state index contributed by atoms with van der Waals surface area (Å²) in [7, 11) is 0. The van der Waals surface area contributed by atoms with Gasteiger partial charge in [0.05, 0.1) is 0 Å². The Morgan fingerprint density at radius 2 is 1.62 bits per heavy atom. The van der Waals surface area contributed by atoms with Gasteiger partial charge >= 0.3 is 0 Å². The van der Waals surface area contributed by atoms with Gasteiger partial charge in [-0.15, -0.1) is 11.6 Å². The lowest BCUT2D eigenvalue weighted by molar-refractivity contribution is 0.800. The zero-order valence-electron chi connectivity index (χ0n) is 8.59. The van der Waals surface area contributed by atoms with Crippen molar-refractivity contribution >= 4 is 11.6 Å². The SMILES string of the molecule is CC.ClCCCCc1ccccc1. The third kappa shape index (κ3) is 6.65. The number of alkyl halides is 1. The van der Waals surface area contributed by atoms with Crippen LogP contribution < -0.4 is 0 Å². The molecule has 0 aliphatic carbocycles. The van der Waals surface area contributed by atoms with Crippen molar-refractivity contribution in [2.45, 2.75) is 33.1 Å². The van der Waals surface area contributed by atoms with Crippen LogP contribution in [0.25, 0.3) is 0 Å². The molecule has 1 aromatic rings. The minimum Gasteiger partial charge on any atom is -0.127 e. The molecule has 0 unspecified atom stereocenters. The van der Waals surface area contributed by atoms with Gasteiger partial charge in [0, 0.05) is 5.88 Å². The van der Waals surface area contributed by atoms with Gasteiger partial charge in [-0.05, 0) is 24.8 Å². The van der Waals surface area contributed by atoms with Gasteiger partial charge in [0.1, 0.15) is 0 Å². The second-order valence-corrected chi connectivity index (χ2v) is 3.01. The quantitative estimate of drug-likeness (QED) is 0.501. The van der Waals surface area contributed by atoms with Crippen LogP contribution in [0.5, 0.6) is 0 Å².